The monoisotopic (exact) mass is 1540 g/mol. The summed E-state index contributed by atoms with van der Waals surface area (Å²) in [4.78, 5) is 10.9. The van der Waals surface area contributed by atoms with Gasteiger partial charge in [-0.05, 0) is 213 Å². The first-order valence-electron chi connectivity index (χ1n) is 42.0. The Morgan fingerprint density at radius 3 is 0.735 bits per heavy atom. The van der Waals surface area contributed by atoms with E-state index in [1.54, 1.807) is 0 Å². The number of hydrogen-bond acceptors (Lipinski definition) is 6. The van der Waals surface area contributed by atoms with Gasteiger partial charge in [-0.3, -0.25) is 0 Å². The van der Waals surface area contributed by atoms with Crippen LogP contribution in [0.4, 0.5) is 0 Å². The number of benzene rings is 12. The van der Waals surface area contributed by atoms with E-state index in [9.17, 15) is 0 Å². The fourth-order valence-corrected chi connectivity index (χ4v) is 16.4. The van der Waals surface area contributed by atoms with Crippen LogP contribution in [0, 0.1) is 6.92 Å². The Morgan fingerprint density at radius 1 is 0.222 bits per heavy atom. The summed E-state index contributed by atoms with van der Waals surface area (Å²) in [5.41, 5.74) is 25.2. The van der Waals surface area contributed by atoms with Crippen LogP contribution >= 0.6 is 0 Å². The molecule has 0 bridgehead atoms. The first kappa shape index (κ1) is 82.2. The van der Waals surface area contributed by atoms with E-state index < -0.39 is 10.8 Å². The highest BCUT2D eigenvalue weighted by Crippen LogP contribution is 2.50. The van der Waals surface area contributed by atoms with Crippen LogP contribution in [0.3, 0.4) is 0 Å². The Balaban J connectivity index is 0.643. The summed E-state index contributed by atoms with van der Waals surface area (Å²) in [6.45, 7) is 45.2. The zero-order valence-corrected chi connectivity index (χ0v) is 72.6. The number of rotatable bonds is 23. The third-order valence-electron chi connectivity index (χ3n) is 23.6. The molecule has 596 valence electrons. The quantitative estimate of drug-likeness (QED) is 0.0361. The maximum Gasteiger partial charge on any atom is 0.119 e. The van der Waals surface area contributed by atoms with Crippen molar-refractivity contribution in [1.29, 1.82) is 0 Å². The molecule has 14 rings (SSSR count). The molecule has 0 aliphatic carbocycles. The van der Waals surface area contributed by atoms with Gasteiger partial charge in [0.25, 0.3) is 0 Å². The molecule has 14 aromatic rings. The second-order valence-corrected chi connectivity index (χ2v) is 38.3. The van der Waals surface area contributed by atoms with E-state index in [0.29, 0.717) is 39.3 Å². The predicted octanol–water partition coefficient (Wildman–Crippen LogP) is 28.3. The van der Waals surface area contributed by atoms with Crippen molar-refractivity contribution >= 4 is 21.8 Å². The van der Waals surface area contributed by atoms with Gasteiger partial charge in [0.2, 0.25) is 0 Å². The Labute approximate surface area is 697 Å². The summed E-state index contributed by atoms with van der Waals surface area (Å²) < 4.78 is 25.8. The van der Waals surface area contributed by atoms with E-state index in [4.69, 9.17) is 28.9 Å². The van der Waals surface area contributed by atoms with Crippen molar-refractivity contribution in [2.45, 2.75) is 188 Å². The van der Waals surface area contributed by atoms with Gasteiger partial charge in [0.05, 0.1) is 59.7 Å². The van der Waals surface area contributed by atoms with Crippen LogP contribution in [0.2, 0.25) is 0 Å². The van der Waals surface area contributed by atoms with Gasteiger partial charge >= 0.3 is 0 Å². The van der Waals surface area contributed by atoms with E-state index in [0.717, 1.165) is 78.4 Å². The van der Waals surface area contributed by atoms with Crippen LogP contribution in [0.1, 0.15) is 221 Å². The number of nitrogens with zero attached hydrogens (tertiary/aromatic N) is 2. The Morgan fingerprint density at radius 2 is 0.453 bits per heavy atom. The third kappa shape index (κ3) is 17.8. The van der Waals surface area contributed by atoms with Crippen LogP contribution in [0.5, 0.6) is 23.0 Å². The Hall–Kier alpha value is -11.3. The van der Waals surface area contributed by atoms with Gasteiger partial charge in [-0.2, -0.15) is 0 Å². The molecule has 117 heavy (non-hydrogen) atoms. The molecular formula is C111H118N2O4. The molecule has 6 heteroatoms. The third-order valence-corrected chi connectivity index (χ3v) is 23.6. The predicted molar refractivity (Wildman–Crippen MR) is 491 cm³/mol. The van der Waals surface area contributed by atoms with Gasteiger partial charge < -0.3 is 18.9 Å². The summed E-state index contributed by atoms with van der Waals surface area (Å²) in [6.07, 6.45) is 1.41. The highest BCUT2D eigenvalue weighted by molar-refractivity contribution is 6.09. The number of hydrogen-bond donors (Lipinski definition) is 0. The molecule has 0 fully saturated rings. The van der Waals surface area contributed by atoms with Crippen molar-refractivity contribution in [2.75, 3.05) is 26.4 Å². The molecule has 0 radical (unpaired) electrons. The second kappa shape index (κ2) is 33.0. The minimum atomic E-state index is -0.610. The van der Waals surface area contributed by atoms with E-state index in [2.05, 4.69) is 405 Å². The van der Waals surface area contributed by atoms with Gasteiger partial charge in [0.15, 0.2) is 0 Å². The molecule has 0 spiro atoms. The molecule has 0 N–H and O–H groups in total. The maximum atomic E-state index is 6.50. The second-order valence-electron chi connectivity index (χ2n) is 38.3. The highest BCUT2D eigenvalue weighted by Gasteiger charge is 2.42. The largest absolute Gasteiger partial charge is 0.493 e. The van der Waals surface area contributed by atoms with E-state index in [1.807, 2.05) is 24.3 Å². The van der Waals surface area contributed by atoms with Gasteiger partial charge in [-0.25, -0.2) is 9.97 Å². The van der Waals surface area contributed by atoms with E-state index in [-0.39, 0.29) is 32.5 Å². The molecular weight excluding hydrogens is 1430 g/mol. The minimum absolute atomic E-state index is 0.0156. The van der Waals surface area contributed by atoms with Crippen LogP contribution < -0.4 is 18.9 Å². The number of fused-ring (bicyclic) bond motifs is 3. The molecule has 0 amide bonds. The fraction of sp³-hybridized carbons (Fsp3) is 0.297. The van der Waals surface area contributed by atoms with Crippen LogP contribution in [-0.2, 0) is 43.3 Å². The number of aromatic nitrogens is 2. The van der Waals surface area contributed by atoms with Crippen molar-refractivity contribution in [1.82, 2.24) is 9.97 Å². The molecule has 0 saturated heterocycles. The molecule has 0 atom stereocenters. The molecule has 0 aliphatic rings. The smallest absolute Gasteiger partial charge is 0.119 e. The maximum absolute atomic E-state index is 6.50. The number of aryl methyl sites for hydroxylation is 1. The molecule has 0 unspecified atom stereocenters. The van der Waals surface area contributed by atoms with Crippen LogP contribution in [-0.4, -0.2) is 36.4 Å². The summed E-state index contributed by atoms with van der Waals surface area (Å²) in [5, 5.41) is 2.06. The average molecular weight is 1540 g/mol. The molecule has 2 heterocycles. The fourth-order valence-electron chi connectivity index (χ4n) is 16.4. The first-order valence-corrected chi connectivity index (χ1v) is 42.0. The summed E-state index contributed by atoms with van der Waals surface area (Å²) in [5.74, 6) is 3.22. The minimum Gasteiger partial charge on any atom is -0.493 e. The molecule has 0 saturated carbocycles. The van der Waals surface area contributed by atoms with Gasteiger partial charge in [0, 0.05) is 34.7 Å². The van der Waals surface area contributed by atoms with Gasteiger partial charge in [-0.15, -0.1) is 0 Å². The number of pyridine rings is 2. The zero-order chi connectivity index (χ0) is 82.9. The normalized spacial score (nSPS) is 12.6. The van der Waals surface area contributed by atoms with Crippen molar-refractivity contribution in [2.24, 2.45) is 0 Å². The standard InChI is InChI=1S/C111H118N2O4/c1-75-22-24-76(25-23-75)99-74-101(78-28-62-95(63-29-78)115-71-21-73-117-97-66-58-93(59-67-97)111(89-50-38-83(39-51-89)107(11,12)13,90-52-40-84(41-53-90)108(14,15)16)91-54-42-85(43-55-91)109(17,18)19)113-103-98(99)68-30-79-31-69-100(112-102(79)103)77-26-60-94(61-27-77)114-70-20-72-116-96-64-56-92(57-65-96)110(86-44-32-80(33-45-86)104(2,3)4,87-46-34-81(35-47-87)105(5,6)7)88-48-36-82(37-49-88)106(8,9)10/h22-69,74H,20-21,70-73H2,1-19H3. The van der Waals surface area contributed by atoms with E-state index in [1.165, 1.54) is 83.5 Å². The molecule has 6 nitrogen and oxygen atoms in total. The summed E-state index contributed by atoms with van der Waals surface area (Å²) in [6, 6.07) is 110. The summed E-state index contributed by atoms with van der Waals surface area (Å²) in [7, 11) is 0. The summed E-state index contributed by atoms with van der Waals surface area (Å²) >= 11 is 0. The lowest BCUT2D eigenvalue weighted by Crippen LogP contribution is -2.31. The molecule has 0 aliphatic heterocycles. The Bertz CT molecular complexity index is 5430. The topological polar surface area (TPSA) is 62.7 Å². The van der Waals surface area contributed by atoms with Crippen molar-refractivity contribution in [3.05, 3.63) is 381 Å². The lowest BCUT2D eigenvalue weighted by Gasteiger charge is -2.38. The molecule has 2 aromatic heterocycles. The molecule has 12 aromatic carbocycles. The van der Waals surface area contributed by atoms with Crippen molar-refractivity contribution < 1.29 is 18.9 Å². The first-order chi connectivity index (χ1) is 55.6. The SMILES string of the molecule is Cc1ccc(-c2cc(-c3ccc(OCCCOc4ccc(C(c5ccc(C(C)(C)C)cc5)(c5ccc(C(C)(C)C)cc5)c5ccc(C(C)(C)C)cc5)cc4)cc3)nc3c2ccc2ccc(-c4ccc(OCCCOc5ccc(C(c6ccc(C(C)(C)C)cc6)(c6ccc(C(C)(C)C)cc6)c6ccc(C(C)(C)C)cc6)cc5)cc4)nc23)cc1. The van der Waals surface area contributed by atoms with E-state index >= 15 is 0 Å². The highest BCUT2D eigenvalue weighted by atomic mass is 16.5. The van der Waals surface area contributed by atoms with Crippen LogP contribution in [0.15, 0.2) is 297 Å². The Kier molecular flexibility index (Phi) is 23.2. The lowest BCUT2D eigenvalue weighted by molar-refractivity contribution is 0.247. The number of ether oxygens (including phenoxy) is 4. The zero-order valence-electron chi connectivity index (χ0n) is 72.6. The van der Waals surface area contributed by atoms with Crippen molar-refractivity contribution in [3.63, 3.8) is 0 Å². The van der Waals surface area contributed by atoms with Gasteiger partial charge in [0.1, 0.15) is 23.0 Å². The lowest BCUT2D eigenvalue weighted by atomic mass is 9.64. The van der Waals surface area contributed by atoms with Gasteiger partial charge in [-0.1, -0.05) is 343 Å². The van der Waals surface area contributed by atoms with Crippen molar-refractivity contribution in [3.8, 4) is 56.6 Å². The average Bonchev–Trinajstić information content (AvgIpc) is 0.729. The van der Waals surface area contributed by atoms with Crippen LogP contribution in [0.25, 0.3) is 55.4 Å².